The van der Waals surface area contributed by atoms with Crippen LogP contribution in [0, 0.1) is 11.8 Å². The number of rotatable bonds is 1. The van der Waals surface area contributed by atoms with Crippen molar-refractivity contribution in [2.75, 3.05) is 0 Å². The van der Waals surface area contributed by atoms with Crippen molar-refractivity contribution in [1.82, 2.24) is 4.98 Å². The first-order chi connectivity index (χ1) is 5.54. The summed E-state index contributed by atoms with van der Waals surface area (Å²) in [5, 5.41) is 0. The summed E-state index contributed by atoms with van der Waals surface area (Å²) in [6, 6.07) is 0. The highest BCUT2D eigenvalue weighted by Gasteiger charge is 2.18. The molecule has 0 saturated carbocycles. The van der Waals surface area contributed by atoms with Crippen LogP contribution in [0.4, 0.5) is 17.6 Å². The fourth-order valence-electron chi connectivity index (χ4n) is 0.609. The molecule has 0 aliphatic carbocycles. The van der Waals surface area contributed by atoms with Crippen LogP contribution in [-0.2, 0) is 0 Å². The average Bonchev–Trinajstić information content (AvgIpc) is 2.00. The van der Waals surface area contributed by atoms with Crippen LogP contribution in [0.15, 0.2) is 10.7 Å². The zero-order valence-corrected chi connectivity index (χ0v) is 7.08. The van der Waals surface area contributed by atoms with Gasteiger partial charge in [0.2, 0.25) is 5.95 Å². The SMILES string of the molecule is Fc1ncc(C(F)F)c(F)c1Br. The number of halogens is 5. The molecule has 1 rings (SSSR count). The zero-order chi connectivity index (χ0) is 9.30. The van der Waals surface area contributed by atoms with Crippen LogP contribution >= 0.6 is 15.9 Å². The maximum atomic E-state index is 12.7. The second-order valence-electron chi connectivity index (χ2n) is 1.93. The van der Waals surface area contributed by atoms with Crippen molar-refractivity contribution >= 4 is 15.9 Å². The highest BCUT2D eigenvalue weighted by molar-refractivity contribution is 9.10. The van der Waals surface area contributed by atoms with Gasteiger partial charge >= 0.3 is 0 Å². The molecule has 0 spiro atoms. The van der Waals surface area contributed by atoms with Crippen LogP contribution in [0.5, 0.6) is 0 Å². The molecule has 0 N–H and O–H groups in total. The lowest BCUT2D eigenvalue weighted by atomic mass is 10.3. The summed E-state index contributed by atoms with van der Waals surface area (Å²) in [6.07, 6.45) is -2.52. The van der Waals surface area contributed by atoms with E-state index in [-0.39, 0.29) is 0 Å². The number of hydrogen-bond donors (Lipinski definition) is 0. The molecule has 0 radical (unpaired) electrons. The molecule has 12 heavy (non-hydrogen) atoms. The summed E-state index contributed by atoms with van der Waals surface area (Å²) in [7, 11) is 0. The van der Waals surface area contributed by atoms with E-state index in [0.29, 0.717) is 6.20 Å². The molecule has 0 aliphatic rings. The molecule has 1 aromatic heterocycles. The molecular weight excluding hydrogens is 242 g/mol. The number of pyridine rings is 1. The van der Waals surface area contributed by atoms with Crippen LogP contribution in [-0.4, -0.2) is 4.98 Å². The number of aromatic nitrogens is 1. The first kappa shape index (κ1) is 9.44. The van der Waals surface area contributed by atoms with Crippen molar-refractivity contribution in [3.63, 3.8) is 0 Å². The Morgan fingerprint density at radius 3 is 2.42 bits per heavy atom. The molecule has 1 heterocycles. The molecule has 0 aliphatic heterocycles. The van der Waals surface area contributed by atoms with E-state index < -0.39 is 28.2 Å². The molecule has 0 atom stereocenters. The average molecular weight is 244 g/mol. The highest BCUT2D eigenvalue weighted by Crippen LogP contribution is 2.27. The molecule has 1 aromatic rings. The minimum atomic E-state index is -2.99. The summed E-state index contributed by atoms with van der Waals surface area (Å²) in [4.78, 5) is 2.93. The summed E-state index contributed by atoms with van der Waals surface area (Å²) in [5.74, 6) is -2.45. The van der Waals surface area contributed by atoms with Gasteiger partial charge in [0, 0.05) is 6.20 Å². The third-order valence-electron chi connectivity index (χ3n) is 1.18. The second-order valence-corrected chi connectivity index (χ2v) is 2.73. The molecule has 66 valence electrons. The summed E-state index contributed by atoms with van der Waals surface area (Å²) >= 11 is 2.45. The lowest BCUT2D eigenvalue weighted by Gasteiger charge is -2.02. The van der Waals surface area contributed by atoms with Gasteiger partial charge in [-0.05, 0) is 15.9 Å². The van der Waals surface area contributed by atoms with Crippen LogP contribution in [0.3, 0.4) is 0 Å². The molecule has 0 fully saturated rings. The lowest BCUT2D eigenvalue weighted by molar-refractivity contribution is 0.145. The quantitative estimate of drug-likeness (QED) is 0.546. The summed E-state index contributed by atoms with van der Waals surface area (Å²) in [5.41, 5.74) is -0.914. The maximum Gasteiger partial charge on any atom is 0.268 e. The Morgan fingerprint density at radius 2 is 1.92 bits per heavy atom. The zero-order valence-electron chi connectivity index (χ0n) is 5.49. The Morgan fingerprint density at radius 1 is 1.33 bits per heavy atom. The summed E-state index contributed by atoms with van der Waals surface area (Å²) in [6.45, 7) is 0. The second kappa shape index (κ2) is 3.38. The van der Waals surface area contributed by atoms with E-state index in [1.54, 1.807) is 0 Å². The first-order valence-corrected chi connectivity index (χ1v) is 3.61. The van der Waals surface area contributed by atoms with Gasteiger partial charge in [0.25, 0.3) is 6.43 Å². The van der Waals surface area contributed by atoms with Gasteiger partial charge in [-0.25, -0.2) is 18.2 Å². The van der Waals surface area contributed by atoms with Crippen LogP contribution in [0.2, 0.25) is 0 Å². The minimum absolute atomic E-state index is 0.472. The molecule has 0 saturated heterocycles. The van der Waals surface area contributed by atoms with E-state index in [9.17, 15) is 17.6 Å². The topological polar surface area (TPSA) is 12.9 Å². The van der Waals surface area contributed by atoms with Gasteiger partial charge in [0.05, 0.1) is 5.56 Å². The van der Waals surface area contributed by atoms with Crippen LogP contribution < -0.4 is 0 Å². The number of alkyl halides is 2. The Bertz CT molecular complexity index is 302. The smallest absolute Gasteiger partial charge is 0.227 e. The Hall–Kier alpha value is -0.650. The fraction of sp³-hybridized carbons (Fsp3) is 0.167. The van der Waals surface area contributed by atoms with Gasteiger partial charge in [-0.3, -0.25) is 0 Å². The Kier molecular flexibility index (Phi) is 2.66. The third-order valence-corrected chi connectivity index (χ3v) is 1.85. The van der Waals surface area contributed by atoms with Crippen molar-refractivity contribution in [1.29, 1.82) is 0 Å². The van der Waals surface area contributed by atoms with Crippen molar-refractivity contribution in [2.24, 2.45) is 0 Å². The van der Waals surface area contributed by atoms with Crippen molar-refractivity contribution in [2.45, 2.75) is 6.43 Å². The van der Waals surface area contributed by atoms with Crippen molar-refractivity contribution < 1.29 is 17.6 Å². The third kappa shape index (κ3) is 1.57. The monoisotopic (exact) mass is 243 g/mol. The van der Waals surface area contributed by atoms with Crippen molar-refractivity contribution in [3.8, 4) is 0 Å². The lowest BCUT2D eigenvalue weighted by Crippen LogP contribution is -1.97. The predicted molar refractivity (Wildman–Crippen MR) is 36.8 cm³/mol. The Balaban J connectivity index is 3.27. The molecule has 6 heteroatoms. The van der Waals surface area contributed by atoms with Gasteiger partial charge in [0.1, 0.15) is 4.47 Å². The predicted octanol–water partition coefficient (Wildman–Crippen LogP) is 3.06. The summed E-state index contributed by atoms with van der Waals surface area (Å²) < 4.78 is 48.3. The fourth-order valence-corrected chi connectivity index (χ4v) is 0.940. The molecular formula is C6H2BrF4N. The van der Waals surface area contributed by atoms with Gasteiger partial charge in [-0.1, -0.05) is 0 Å². The van der Waals surface area contributed by atoms with E-state index in [2.05, 4.69) is 20.9 Å². The van der Waals surface area contributed by atoms with E-state index in [4.69, 9.17) is 0 Å². The molecule has 0 amide bonds. The van der Waals surface area contributed by atoms with Gasteiger partial charge < -0.3 is 0 Å². The van der Waals surface area contributed by atoms with Crippen LogP contribution in [0.1, 0.15) is 12.0 Å². The first-order valence-electron chi connectivity index (χ1n) is 2.81. The van der Waals surface area contributed by atoms with Gasteiger partial charge in [-0.15, -0.1) is 0 Å². The van der Waals surface area contributed by atoms with Gasteiger partial charge in [-0.2, -0.15) is 4.39 Å². The number of hydrogen-bond acceptors (Lipinski definition) is 1. The van der Waals surface area contributed by atoms with E-state index in [1.165, 1.54) is 0 Å². The highest BCUT2D eigenvalue weighted by atomic mass is 79.9. The largest absolute Gasteiger partial charge is 0.268 e. The molecule has 0 aromatic carbocycles. The van der Waals surface area contributed by atoms with E-state index >= 15 is 0 Å². The van der Waals surface area contributed by atoms with E-state index in [0.717, 1.165) is 0 Å². The van der Waals surface area contributed by atoms with Crippen LogP contribution in [0.25, 0.3) is 0 Å². The molecule has 1 nitrogen and oxygen atoms in total. The van der Waals surface area contributed by atoms with Crippen molar-refractivity contribution in [3.05, 3.63) is 28.0 Å². The molecule has 0 unspecified atom stereocenters. The number of nitrogens with zero attached hydrogens (tertiary/aromatic N) is 1. The maximum absolute atomic E-state index is 12.7. The standard InChI is InChI=1S/C6H2BrF4N/c7-3-4(8)2(5(9)10)1-12-6(3)11/h1,5H. The minimum Gasteiger partial charge on any atom is -0.227 e. The normalized spacial score (nSPS) is 10.8. The Labute approximate surface area is 73.5 Å². The van der Waals surface area contributed by atoms with Gasteiger partial charge in [0.15, 0.2) is 5.82 Å². The molecule has 0 bridgehead atoms. The van der Waals surface area contributed by atoms with E-state index in [1.807, 2.05) is 0 Å².